The molecule has 0 saturated heterocycles. The molecule has 0 aliphatic rings. The molecule has 0 aliphatic carbocycles. The fourth-order valence-corrected chi connectivity index (χ4v) is 2.05. The van der Waals surface area contributed by atoms with Crippen molar-refractivity contribution in [1.29, 1.82) is 0 Å². The Hall–Kier alpha value is -1.36. The van der Waals surface area contributed by atoms with Crippen LogP contribution < -0.4 is 11.1 Å². The fraction of sp³-hybridized carbons (Fsp3) is 0.550. The molecule has 0 saturated carbocycles. The molecule has 0 aromatic heterocycles. The van der Waals surface area contributed by atoms with Crippen molar-refractivity contribution in [2.24, 2.45) is 5.73 Å². The van der Waals surface area contributed by atoms with Crippen LogP contribution in [0.2, 0.25) is 0 Å². The summed E-state index contributed by atoms with van der Waals surface area (Å²) in [5, 5.41) is 4.04. The summed E-state index contributed by atoms with van der Waals surface area (Å²) in [6.07, 6.45) is 10.2. The van der Waals surface area contributed by atoms with E-state index < -0.39 is 6.04 Å². The minimum Gasteiger partial charge on any atom is -0.338 e. The molecule has 0 aromatic rings. The van der Waals surface area contributed by atoms with E-state index in [4.69, 9.17) is 17.3 Å². The van der Waals surface area contributed by atoms with Crippen LogP contribution in [0.1, 0.15) is 41.0 Å². The second kappa shape index (κ2) is 17.5. The van der Waals surface area contributed by atoms with Gasteiger partial charge in [-0.15, -0.1) is 6.58 Å². The van der Waals surface area contributed by atoms with E-state index in [1.165, 1.54) is 0 Å². The van der Waals surface area contributed by atoms with Crippen molar-refractivity contribution < 1.29 is 4.79 Å². The predicted molar refractivity (Wildman–Crippen MR) is 112 cm³/mol. The number of likely N-dealkylation sites (N-methyl/N-ethyl adjacent to an activating group) is 1. The number of allylic oxidation sites excluding steroid dienone is 4. The topological polar surface area (TPSA) is 58.4 Å². The first kappa shape index (κ1) is 25.9. The zero-order valence-electron chi connectivity index (χ0n) is 16.5. The van der Waals surface area contributed by atoms with Crippen LogP contribution >= 0.6 is 11.6 Å². The molecule has 4 nitrogen and oxygen atoms in total. The molecular weight excluding hydrogens is 334 g/mol. The Bertz CT molecular complexity index is 452. The van der Waals surface area contributed by atoms with Crippen molar-refractivity contribution in [3.63, 3.8) is 0 Å². The molecule has 1 amide bonds. The molecule has 0 heterocycles. The second-order valence-electron chi connectivity index (χ2n) is 5.23. The molecular formula is C20H36ClN3O. The Kier molecular flexibility index (Phi) is 18.1. The number of amides is 1. The first-order chi connectivity index (χ1) is 12.0. The van der Waals surface area contributed by atoms with Gasteiger partial charge in [-0.25, -0.2) is 0 Å². The van der Waals surface area contributed by atoms with Gasteiger partial charge in [0.1, 0.15) is 0 Å². The molecule has 5 heteroatoms. The number of nitrogens with zero attached hydrogens (tertiary/aromatic N) is 1. The summed E-state index contributed by atoms with van der Waals surface area (Å²) < 4.78 is 0. The molecule has 0 fully saturated rings. The number of halogens is 1. The van der Waals surface area contributed by atoms with Gasteiger partial charge < -0.3 is 16.0 Å². The van der Waals surface area contributed by atoms with Gasteiger partial charge in [0.05, 0.1) is 6.04 Å². The van der Waals surface area contributed by atoms with Crippen LogP contribution in [0.5, 0.6) is 0 Å². The Labute approximate surface area is 159 Å². The summed E-state index contributed by atoms with van der Waals surface area (Å²) in [6.45, 7) is 16.0. The highest BCUT2D eigenvalue weighted by Gasteiger charge is 2.18. The molecule has 144 valence electrons. The van der Waals surface area contributed by atoms with E-state index in [0.29, 0.717) is 32.6 Å². The summed E-state index contributed by atoms with van der Waals surface area (Å²) in [5.41, 5.74) is 7.10. The van der Waals surface area contributed by atoms with Crippen molar-refractivity contribution >= 4 is 17.5 Å². The molecule has 25 heavy (non-hydrogen) atoms. The smallest absolute Gasteiger partial charge is 0.239 e. The van der Waals surface area contributed by atoms with Crippen LogP contribution in [0, 0.1) is 0 Å². The van der Waals surface area contributed by atoms with E-state index in [0.717, 1.165) is 10.6 Å². The van der Waals surface area contributed by atoms with E-state index in [-0.39, 0.29) is 5.91 Å². The summed E-state index contributed by atoms with van der Waals surface area (Å²) in [4.78, 5) is 13.9. The van der Waals surface area contributed by atoms with Gasteiger partial charge in [0.2, 0.25) is 5.91 Å². The third-order valence-electron chi connectivity index (χ3n) is 3.23. The zero-order valence-corrected chi connectivity index (χ0v) is 17.3. The largest absolute Gasteiger partial charge is 0.338 e. The molecule has 0 bridgehead atoms. The Balaban J connectivity index is 0. The van der Waals surface area contributed by atoms with Crippen LogP contribution in [-0.4, -0.2) is 43.0 Å². The molecule has 0 rings (SSSR count). The lowest BCUT2D eigenvalue weighted by Crippen LogP contribution is -2.45. The average molecular weight is 370 g/mol. The summed E-state index contributed by atoms with van der Waals surface area (Å²) >= 11 is 5.84. The van der Waals surface area contributed by atoms with Crippen molar-refractivity contribution in [2.45, 2.75) is 47.1 Å². The SMILES string of the molecule is C=CCN(CC)C(=O)[C@@H](N)CCNCC(/C=C\C)=C/C=C(\C)Cl.CC. The van der Waals surface area contributed by atoms with Gasteiger partial charge in [-0.05, 0) is 45.4 Å². The van der Waals surface area contributed by atoms with E-state index in [2.05, 4.69) is 11.9 Å². The number of nitrogens with one attached hydrogen (secondary N) is 1. The highest BCUT2D eigenvalue weighted by molar-refractivity contribution is 6.29. The normalized spacial score (nSPS) is 13.2. The Morgan fingerprint density at radius 3 is 2.48 bits per heavy atom. The van der Waals surface area contributed by atoms with Gasteiger partial charge in [-0.3, -0.25) is 4.79 Å². The molecule has 3 N–H and O–H groups in total. The highest BCUT2D eigenvalue weighted by Crippen LogP contribution is 2.03. The maximum Gasteiger partial charge on any atom is 0.239 e. The van der Waals surface area contributed by atoms with E-state index in [1.54, 1.807) is 11.0 Å². The lowest BCUT2D eigenvalue weighted by molar-refractivity contribution is -0.132. The van der Waals surface area contributed by atoms with Crippen molar-refractivity contribution in [3.05, 3.63) is 47.6 Å². The van der Waals surface area contributed by atoms with Crippen molar-refractivity contribution in [3.8, 4) is 0 Å². The number of carbonyl (C=O) groups is 1. The molecule has 0 unspecified atom stereocenters. The Morgan fingerprint density at radius 2 is 2.00 bits per heavy atom. The van der Waals surface area contributed by atoms with Gasteiger partial charge in [-0.1, -0.05) is 49.8 Å². The van der Waals surface area contributed by atoms with E-state index in [9.17, 15) is 4.79 Å². The van der Waals surface area contributed by atoms with Gasteiger partial charge in [0, 0.05) is 24.7 Å². The fourth-order valence-electron chi connectivity index (χ4n) is 1.99. The van der Waals surface area contributed by atoms with Crippen LogP contribution in [0.3, 0.4) is 0 Å². The lowest BCUT2D eigenvalue weighted by atomic mass is 10.1. The molecule has 0 spiro atoms. The molecule has 1 atom stereocenters. The number of carbonyl (C=O) groups excluding carboxylic acids is 1. The van der Waals surface area contributed by atoms with Gasteiger partial charge in [0.25, 0.3) is 0 Å². The maximum absolute atomic E-state index is 12.2. The monoisotopic (exact) mass is 369 g/mol. The second-order valence-corrected chi connectivity index (χ2v) is 5.83. The van der Waals surface area contributed by atoms with Gasteiger partial charge in [-0.2, -0.15) is 0 Å². The first-order valence-electron chi connectivity index (χ1n) is 8.97. The van der Waals surface area contributed by atoms with E-state index in [1.807, 2.05) is 58.9 Å². The number of nitrogens with two attached hydrogens (primary N) is 1. The maximum atomic E-state index is 12.2. The third-order valence-corrected chi connectivity index (χ3v) is 3.36. The standard InChI is InChI=1S/C18H30ClN3O.C2H6/c1-5-8-16(10-9-15(4)19)14-21-12-11-17(20)18(23)22(7-3)13-6-2;1-2/h5-6,8-10,17,21H,2,7,11-14,20H2,1,3-4H3;1-2H3/b8-5-,15-9+,16-10+;/t17-;/m0./s1. The minimum atomic E-state index is -0.485. The zero-order chi connectivity index (χ0) is 19.7. The highest BCUT2D eigenvalue weighted by atomic mass is 35.5. The summed E-state index contributed by atoms with van der Waals surface area (Å²) in [6, 6.07) is -0.485. The quantitative estimate of drug-likeness (QED) is 0.329. The Morgan fingerprint density at radius 1 is 1.36 bits per heavy atom. The number of hydrogen-bond donors (Lipinski definition) is 2. The lowest BCUT2D eigenvalue weighted by Gasteiger charge is -2.23. The van der Waals surface area contributed by atoms with Crippen LogP contribution in [-0.2, 0) is 4.79 Å². The van der Waals surface area contributed by atoms with Gasteiger partial charge >= 0.3 is 0 Å². The van der Waals surface area contributed by atoms with Crippen LogP contribution in [0.15, 0.2) is 47.6 Å². The van der Waals surface area contributed by atoms with Gasteiger partial charge in [0.15, 0.2) is 0 Å². The minimum absolute atomic E-state index is 0.0286. The molecule has 0 aliphatic heterocycles. The number of rotatable bonds is 11. The van der Waals surface area contributed by atoms with Crippen LogP contribution in [0.25, 0.3) is 0 Å². The molecule has 0 radical (unpaired) electrons. The summed E-state index contributed by atoms with van der Waals surface area (Å²) in [5.74, 6) is -0.0286. The summed E-state index contributed by atoms with van der Waals surface area (Å²) in [7, 11) is 0. The van der Waals surface area contributed by atoms with Crippen molar-refractivity contribution in [1.82, 2.24) is 10.2 Å². The van der Waals surface area contributed by atoms with E-state index >= 15 is 0 Å². The average Bonchev–Trinajstić information content (AvgIpc) is 2.61. The van der Waals surface area contributed by atoms with Crippen LogP contribution in [0.4, 0.5) is 0 Å². The number of hydrogen-bond acceptors (Lipinski definition) is 3. The van der Waals surface area contributed by atoms with Crippen molar-refractivity contribution in [2.75, 3.05) is 26.2 Å². The third kappa shape index (κ3) is 13.6. The molecule has 0 aromatic carbocycles. The first-order valence-corrected chi connectivity index (χ1v) is 9.35. The predicted octanol–water partition coefficient (Wildman–Crippen LogP) is 4.00.